The Morgan fingerprint density at radius 2 is 0.909 bits per heavy atom. The molecule has 0 aliphatic carbocycles. The lowest BCUT2D eigenvalue weighted by Crippen LogP contribution is -2.10. The normalized spacial score (nSPS) is 11.3. The smallest absolute Gasteiger partial charge is 0.0622 e. The number of benzene rings is 3. The molecule has 3 rings (SSSR count). The van der Waals surface area contributed by atoms with Crippen LogP contribution in [0.3, 0.4) is 0 Å². The van der Waals surface area contributed by atoms with Crippen LogP contribution in [0.1, 0.15) is 11.1 Å². The summed E-state index contributed by atoms with van der Waals surface area (Å²) in [4.78, 5) is 0. The van der Waals surface area contributed by atoms with Gasteiger partial charge in [0.25, 0.3) is 0 Å². The molecule has 0 aromatic heterocycles. The van der Waals surface area contributed by atoms with Crippen molar-refractivity contribution in [1.29, 1.82) is 0 Å². The van der Waals surface area contributed by atoms with Crippen LogP contribution in [0.5, 0.6) is 0 Å². The van der Waals surface area contributed by atoms with Crippen molar-refractivity contribution >= 4 is 26.8 Å². The highest BCUT2D eigenvalue weighted by molar-refractivity contribution is 9.42. The number of rotatable bonds is 5. The topological polar surface area (TPSA) is 0 Å². The predicted octanol–water partition coefficient (Wildman–Crippen LogP) is 6.04. The van der Waals surface area contributed by atoms with E-state index in [1.54, 1.807) is 0 Å². The summed E-state index contributed by atoms with van der Waals surface area (Å²) in [5.41, 5.74) is 2.79. The van der Waals surface area contributed by atoms with Gasteiger partial charge in [-0.1, -0.05) is 78.9 Å². The Hall–Kier alpha value is -1.43. The van der Waals surface area contributed by atoms with Gasteiger partial charge < -0.3 is 0 Å². The Bertz CT molecular complexity index is 654. The molecule has 110 valence electrons. The molecule has 0 aliphatic rings. The van der Waals surface area contributed by atoms with Gasteiger partial charge in [-0.3, -0.25) is 0 Å². The van der Waals surface area contributed by atoms with Crippen molar-refractivity contribution in [2.75, 3.05) is 0 Å². The van der Waals surface area contributed by atoms with Crippen molar-refractivity contribution in [2.45, 2.75) is 12.3 Å². The molecule has 0 radical (unpaired) electrons. The standard InChI is InChI=1S/C20H19BrP/c21-22(20-14-8-3-9-15-20,16-18-10-4-1-5-11-18)17-19-12-6-2-7-13-19/h1-15H,16-17H2/q+1. The second-order valence-electron chi connectivity index (χ2n) is 5.49. The summed E-state index contributed by atoms with van der Waals surface area (Å²) in [7, 11) is 0. The molecule has 2 heteroatoms. The van der Waals surface area contributed by atoms with Crippen LogP contribution >= 0.6 is 21.5 Å². The van der Waals surface area contributed by atoms with Crippen LogP contribution in [0.25, 0.3) is 0 Å². The lowest BCUT2D eigenvalue weighted by Gasteiger charge is -2.20. The zero-order chi connectivity index (χ0) is 15.3. The maximum Gasteiger partial charge on any atom is 0.145 e. The molecule has 22 heavy (non-hydrogen) atoms. The highest BCUT2D eigenvalue weighted by Gasteiger charge is 2.38. The van der Waals surface area contributed by atoms with Gasteiger partial charge in [0.2, 0.25) is 0 Å². The molecule has 0 unspecified atom stereocenters. The molecule has 0 fully saturated rings. The van der Waals surface area contributed by atoms with E-state index in [1.165, 1.54) is 16.4 Å². The second-order valence-corrected chi connectivity index (χ2v) is 12.4. The molecule has 0 saturated heterocycles. The van der Waals surface area contributed by atoms with E-state index in [0.717, 1.165) is 12.3 Å². The average molecular weight is 370 g/mol. The van der Waals surface area contributed by atoms with Crippen LogP contribution in [0.15, 0.2) is 91.0 Å². The van der Waals surface area contributed by atoms with Crippen LogP contribution in [0, 0.1) is 0 Å². The monoisotopic (exact) mass is 369 g/mol. The maximum atomic E-state index is 4.18. The Labute approximate surface area is 141 Å². The van der Waals surface area contributed by atoms with E-state index in [4.69, 9.17) is 0 Å². The summed E-state index contributed by atoms with van der Waals surface area (Å²) < 4.78 is 0. The molecule has 0 bridgehead atoms. The highest BCUT2D eigenvalue weighted by atomic mass is 79.9. The third-order valence-corrected chi connectivity index (χ3v) is 9.46. The maximum absolute atomic E-state index is 4.18. The number of halogens is 1. The molecule has 0 saturated carbocycles. The van der Waals surface area contributed by atoms with E-state index < -0.39 is 5.96 Å². The van der Waals surface area contributed by atoms with E-state index in [1.807, 2.05) is 0 Å². The lowest BCUT2D eigenvalue weighted by molar-refractivity contribution is 1.33. The Morgan fingerprint density at radius 1 is 0.545 bits per heavy atom. The minimum Gasteiger partial charge on any atom is -0.0622 e. The van der Waals surface area contributed by atoms with E-state index in [9.17, 15) is 0 Å². The number of hydrogen-bond acceptors (Lipinski definition) is 0. The average Bonchev–Trinajstić information content (AvgIpc) is 2.57. The van der Waals surface area contributed by atoms with Gasteiger partial charge in [-0.2, -0.15) is 0 Å². The Morgan fingerprint density at radius 3 is 1.32 bits per heavy atom. The Balaban J connectivity index is 1.95. The van der Waals surface area contributed by atoms with E-state index in [-0.39, 0.29) is 0 Å². The van der Waals surface area contributed by atoms with Crippen molar-refractivity contribution in [3.63, 3.8) is 0 Å². The summed E-state index contributed by atoms with van der Waals surface area (Å²) in [6.07, 6.45) is 2.15. The largest absolute Gasteiger partial charge is 0.145 e. The van der Waals surface area contributed by atoms with Gasteiger partial charge in [-0.15, -0.1) is 0 Å². The summed E-state index contributed by atoms with van der Waals surface area (Å²) in [5.74, 6) is -1.45. The third-order valence-electron chi connectivity index (χ3n) is 3.77. The fourth-order valence-electron chi connectivity index (χ4n) is 2.68. The van der Waals surface area contributed by atoms with Crippen molar-refractivity contribution in [2.24, 2.45) is 0 Å². The highest BCUT2D eigenvalue weighted by Crippen LogP contribution is 2.69. The van der Waals surface area contributed by atoms with Gasteiger partial charge in [0, 0.05) is 0 Å². The van der Waals surface area contributed by atoms with E-state index in [0.29, 0.717) is 0 Å². The first kappa shape index (κ1) is 15.5. The van der Waals surface area contributed by atoms with Crippen LogP contribution in [-0.4, -0.2) is 0 Å². The zero-order valence-electron chi connectivity index (χ0n) is 12.4. The molecule has 3 aromatic rings. The summed E-state index contributed by atoms with van der Waals surface area (Å²) in [6, 6.07) is 32.5. The van der Waals surface area contributed by atoms with Crippen LogP contribution in [0.4, 0.5) is 0 Å². The minimum atomic E-state index is -1.45. The molecule has 0 amide bonds. The van der Waals surface area contributed by atoms with Gasteiger partial charge in [0.1, 0.15) is 26.8 Å². The predicted molar refractivity (Wildman–Crippen MR) is 102 cm³/mol. The lowest BCUT2D eigenvalue weighted by atomic mass is 10.2. The molecular weight excluding hydrogens is 351 g/mol. The quantitative estimate of drug-likeness (QED) is 0.481. The molecule has 0 aliphatic heterocycles. The molecular formula is C20H19BrP+. The fraction of sp³-hybridized carbons (Fsp3) is 0.100. The fourth-order valence-corrected chi connectivity index (χ4v) is 7.89. The van der Waals surface area contributed by atoms with Gasteiger partial charge >= 0.3 is 0 Å². The number of hydrogen-bond donors (Lipinski definition) is 0. The molecule has 0 N–H and O–H groups in total. The molecule has 3 aromatic carbocycles. The van der Waals surface area contributed by atoms with Gasteiger partial charge in [-0.25, -0.2) is 0 Å². The second kappa shape index (κ2) is 7.22. The Kier molecular flexibility index (Phi) is 5.08. The van der Waals surface area contributed by atoms with Crippen LogP contribution in [0.2, 0.25) is 0 Å². The summed E-state index contributed by atoms with van der Waals surface area (Å²) >= 11 is 4.18. The third kappa shape index (κ3) is 3.85. The minimum absolute atomic E-state index is 1.08. The summed E-state index contributed by atoms with van der Waals surface area (Å²) in [6.45, 7) is 0. The van der Waals surface area contributed by atoms with Crippen LogP contribution in [-0.2, 0) is 12.3 Å². The molecule has 0 heterocycles. The van der Waals surface area contributed by atoms with E-state index in [2.05, 4.69) is 106 Å². The van der Waals surface area contributed by atoms with Gasteiger partial charge in [-0.05, 0) is 23.3 Å². The van der Waals surface area contributed by atoms with Crippen molar-refractivity contribution < 1.29 is 0 Å². The van der Waals surface area contributed by atoms with Crippen molar-refractivity contribution in [1.82, 2.24) is 0 Å². The van der Waals surface area contributed by atoms with Crippen molar-refractivity contribution in [3.8, 4) is 0 Å². The van der Waals surface area contributed by atoms with Gasteiger partial charge in [0.05, 0.1) is 12.3 Å². The van der Waals surface area contributed by atoms with Crippen LogP contribution < -0.4 is 5.30 Å². The zero-order valence-corrected chi connectivity index (χ0v) is 14.9. The first-order valence-corrected chi connectivity index (χ1v) is 11.6. The van der Waals surface area contributed by atoms with E-state index >= 15 is 0 Å². The van der Waals surface area contributed by atoms with Crippen molar-refractivity contribution in [3.05, 3.63) is 102 Å². The molecule has 0 atom stereocenters. The SMILES string of the molecule is Br[P+](Cc1ccccc1)(Cc1ccccc1)c1ccccc1. The summed E-state index contributed by atoms with van der Waals surface area (Å²) in [5, 5.41) is 1.43. The van der Waals surface area contributed by atoms with Gasteiger partial charge in [0.15, 0.2) is 0 Å². The molecule has 0 nitrogen and oxygen atoms in total. The first-order chi connectivity index (χ1) is 10.8. The first-order valence-electron chi connectivity index (χ1n) is 7.46. The molecule has 0 spiro atoms.